The summed E-state index contributed by atoms with van der Waals surface area (Å²) in [5.41, 5.74) is 1.40. The van der Waals surface area contributed by atoms with E-state index < -0.39 is 10.0 Å². The fourth-order valence-electron chi connectivity index (χ4n) is 2.59. The minimum atomic E-state index is -3.00. The molecule has 0 aromatic heterocycles. The normalized spacial score (nSPS) is 18.2. The summed E-state index contributed by atoms with van der Waals surface area (Å²) in [4.78, 5) is 2.37. The average Bonchev–Trinajstić information content (AvgIpc) is 2.44. The Hall–Kier alpha value is -0.910. The number of aryl methyl sites for hydroxylation is 1. The summed E-state index contributed by atoms with van der Waals surface area (Å²) < 4.78 is 24.4. The molecule has 1 fully saturated rings. The van der Waals surface area contributed by atoms with Gasteiger partial charge in [-0.1, -0.05) is 30.3 Å². The van der Waals surface area contributed by atoms with Crippen LogP contribution in [0.25, 0.3) is 0 Å². The molecule has 1 aliphatic rings. The smallest absolute Gasteiger partial charge is 0.211 e. The predicted octanol–water partition coefficient (Wildman–Crippen LogP) is 1.59. The second-order valence-electron chi connectivity index (χ2n) is 5.45. The Morgan fingerprint density at radius 1 is 1.00 bits per heavy atom. The van der Waals surface area contributed by atoms with Gasteiger partial charge in [-0.05, 0) is 31.4 Å². The van der Waals surface area contributed by atoms with Gasteiger partial charge in [0.2, 0.25) is 10.0 Å². The number of unbranched alkanes of at least 4 members (excludes halogenated alkanes) is 1. The molecule has 0 spiro atoms. The zero-order valence-electron chi connectivity index (χ0n) is 12.2. The molecule has 1 aliphatic heterocycles. The summed E-state index contributed by atoms with van der Waals surface area (Å²) in [6, 6.07) is 10.6. The monoisotopic (exact) mass is 296 g/mol. The Bertz CT molecular complexity index is 494. The molecule has 0 atom stereocenters. The number of hydrogen-bond donors (Lipinski definition) is 0. The molecule has 1 heterocycles. The van der Waals surface area contributed by atoms with Gasteiger partial charge in [-0.25, -0.2) is 8.42 Å². The van der Waals surface area contributed by atoms with Crippen LogP contribution in [0.5, 0.6) is 0 Å². The SMILES string of the molecule is CS(=O)(=O)N1CCN(CCCCc2ccccc2)CC1. The van der Waals surface area contributed by atoms with Gasteiger partial charge in [0.25, 0.3) is 0 Å². The lowest BCUT2D eigenvalue weighted by molar-refractivity contribution is 0.186. The number of benzene rings is 1. The van der Waals surface area contributed by atoms with Crippen molar-refractivity contribution in [1.82, 2.24) is 9.21 Å². The second kappa shape index (κ2) is 7.20. The maximum Gasteiger partial charge on any atom is 0.211 e. The Balaban J connectivity index is 1.62. The first-order valence-corrected chi connectivity index (χ1v) is 9.12. The fourth-order valence-corrected chi connectivity index (χ4v) is 3.42. The number of rotatable bonds is 6. The van der Waals surface area contributed by atoms with Crippen molar-refractivity contribution >= 4 is 10.0 Å². The van der Waals surface area contributed by atoms with Gasteiger partial charge in [-0.2, -0.15) is 4.31 Å². The van der Waals surface area contributed by atoms with Crippen LogP contribution in [0, 0.1) is 0 Å². The van der Waals surface area contributed by atoms with Crippen molar-refractivity contribution in [2.45, 2.75) is 19.3 Å². The van der Waals surface area contributed by atoms with E-state index in [0.717, 1.165) is 26.1 Å². The highest BCUT2D eigenvalue weighted by molar-refractivity contribution is 7.88. The van der Waals surface area contributed by atoms with Gasteiger partial charge in [0.1, 0.15) is 0 Å². The molecule has 0 bridgehead atoms. The fraction of sp³-hybridized carbons (Fsp3) is 0.600. The van der Waals surface area contributed by atoms with Crippen LogP contribution in [0.4, 0.5) is 0 Å². The molecule has 0 N–H and O–H groups in total. The van der Waals surface area contributed by atoms with Crippen LogP contribution in [0.1, 0.15) is 18.4 Å². The molecule has 2 rings (SSSR count). The van der Waals surface area contributed by atoms with E-state index in [9.17, 15) is 8.42 Å². The van der Waals surface area contributed by atoms with Crippen LogP contribution in [0.3, 0.4) is 0 Å². The van der Waals surface area contributed by atoms with Crippen molar-refractivity contribution in [1.29, 1.82) is 0 Å². The van der Waals surface area contributed by atoms with E-state index in [1.807, 2.05) is 6.07 Å². The maximum absolute atomic E-state index is 11.4. The molecule has 5 heteroatoms. The van der Waals surface area contributed by atoms with Gasteiger partial charge in [-0.3, -0.25) is 0 Å². The molecule has 0 saturated carbocycles. The van der Waals surface area contributed by atoms with Gasteiger partial charge in [0, 0.05) is 26.2 Å². The zero-order valence-corrected chi connectivity index (χ0v) is 13.0. The van der Waals surface area contributed by atoms with Crippen molar-refractivity contribution in [3.63, 3.8) is 0 Å². The molecular formula is C15H24N2O2S. The maximum atomic E-state index is 11.4. The Kier molecular flexibility index (Phi) is 5.57. The quantitative estimate of drug-likeness (QED) is 0.749. The van der Waals surface area contributed by atoms with E-state index in [-0.39, 0.29) is 0 Å². The third-order valence-corrected chi connectivity index (χ3v) is 5.14. The second-order valence-corrected chi connectivity index (χ2v) is 7.43. The van der Waals surface area contributed by atoms with Gasteiger partial charge in [0.05, 0.1) is 6.26 Å². The van der Waals surface area contributed by atoms with Crippen LogP contribution in [-0.4, -0.2) is 56.6 Å². The van der Waals surface area contributed by atoms with E-state index >= 15 is 0 Å². The lowest BCUT2D eigenvalue weighted by Crippen LogP contribution is -2.48. The van der Waals surface area contributed by atoms with E-state index in [0.29, 0.717) is 13.1 Å². The number of sulfonamides is 1. The number of hydrogen-bond acceptors (Lipinski definition) is 3. The summed E-state index contributed by atoms with van der Waals surface area (Å²) >= 11 is 0. The topological polar surface area (TPSA) is 40.6 Å². The first-order valence-electron chi connectivity index (χ1n) is 7.27. The molecule has 112 valence electrons. The van der Waals surface area contributed by atoms with Crippen molar-refractivity contribution in [3.8, 4) is 0 Å². The van der Waals surface area contributed by atoms with Gasteiger partial charge in [-0.15, -0.1) is 0 Å². The van der Waals surface area contributed by atoms with Crippen LogP contribution in [0.2, 0.25) is 0 Å². The minimum Gasteiger partial charge on any atom is -0.301 e. The van der Waals surface area contributed by atoms with Crippen LogP contribution in [-0.2, 0) is 16.4 Å². The summed E-state index contributed by atoms with van der Waals surface area (Å²) in [5.74, 6) is 0. The largest absolute Gasteiger partial charge is 0.301 e. The van der Waals surface area contributed by atoms with Crippen LogP contribution in [0.15, 0.2) is 30.3 Å². The summed E-state index contributed by atoms with van der Waals surface area (Å²) in [6.07, 6.45) is 4.79. The van der Waals surface area contributed by atoms with Crippen LogP contribution >= 0.6 is 0 Å². The van der Waals surface area contributed by atoms with E-state index in [1.165, 1.54) is 24.7 Å². The van der Waals surface area contributed by atoms with E-state index in [2.05, 4.69) is 29.2 Å². The Morgan fingerprint density at radius 3 is 2.25 bits per heavy atom. The van der Waals surface area contributed by atoms with Crippen molar-refractivity contribution in [2.24, 2.45) is 0 Å². The molecule has 1 aromatic carbocycles. The minimum absolute atomic E-state index is 0.636. The molecule has 1 aromatic rings. The van der Waals surface area contributed by atoms with Gasteiger partial charge < -0.3 is 4.90 Å². The van der Waals surface area contributed by atoms with Crippen molar-refractivity contribution in [2.75, 3.05) is 39.0 Å². The van der Waals surface area contributed by atoms with Crippen molar-refractivity contribution < 1.29 is 8.42 Å². The summed E-state index contributed by atoms with van der Waals surface area (Å²) in [5, 5.41) is 0. The highest BCUT2D eigenvalue weighted by Gasteiger charge is 2.22. The third-order valence-electron chi connectivity index (χ3n) is 3.83. The highest BCUT2D eigenvalue weighted by atomic mass is 32.2. The summed E-state index contributed by atoms with van der Waals surface area (Å²) in [7, 11) is -3.00. The molecule has 1 saturated heterocycles. The first-order chi connectivity index (χ1) is 9.55. The van der Waals surface area contributed by atoms with Gasteiger partial charge >= 0.3 is 0 Å². The molecule has 0 aliphatic carbocycles. The number of nitrogens with zero attached hydrogens (tertiary/aromatic N) is 2. The lowest BCUT2D eigenvalue weighted by Gasteiger charge is -2.33. The first kappa shape index (κ1) is 15.5. The molecule has 4 nitrogen and oxygen atoms in total. The highest BCUT2D eigenvalue weighted by Crippen LogP contribution is 2.09. The predicted molar refractivity (Wildman–Crippen MR) is 82.2 cm³/mol. The standard InChI is InChI=1S/C15H24N2O2S/c1-20(18,19)17-13-11-16(12-14-17)10-6-5-9-15-7-3-2-4-8-15/h2-4,7-8H,5-6,9-14H2,1H3. The molecule has 0 radical (unpaired) electrons. The molecular weight excluding hydrogens is 272 g/mol. The zero-order chi connectivity index (χ0) is 14.4. The average molecular weight is 296 g/mol. The Morgan fingerprint density at radius 2 is 1.65 bits per heavy atom. The van der Waals surface area contributed by atoms with Gasteiger partial charge in [0.15, 0.2) is 0 Å². The van der Waals surface area contributed by atoms with E-state index in [1.54, 1.807) is 4.31 Å². The number of piperazine rings is 1. The van der Waals surface area contributed by atoms with E-state index in [4.69, 9.17) is 0 Å². The van der Waals surface area contributed by atoms with Crippen LogP contribution < -0.4 is 0 Å². The Labute approximate surface area is 122 Å². The third kappa shape index (κ3) is 4.89. The lowest BCUT2D eigenvalue weighted by atomic mass is 10.1. The summed E-state index contributed by atoms with van der Waals surface area (Å²) in [6.45, 7) is 4.07. The molecule has 0 unspecified atom stereocenters. The molecule has 0 amide bonds. The van der Waals surface area contributed by atoms with Crippen molar-refractivity contribution in [3.05, 3.63) is 35.9 Å². The molecule has 20 heavy (non-hydrogen) atoms.